The largest absolute Gasteiger partial charge is 0.478 e. The minimum Gasteiger partial charge on any atom is -0.478 e. The summed E-state index contributed by atoms with van der Waals surface area (Å²) in [5, 5.41) is 9.59. The van der Waals surface area contributed by atoms with E-state index in [1.807, 2.05) is 0 Å². The number of fused-ring (bicyclic) bond motifs is 2. The third kappa shape index (κ3) is 1.84. The quantitative estimate of drug-likeness (QED) is 0.825. The summed E-state index contributed by atoms with van der Waals surface area (Å²) in [7, 11) is 0. The van der Waals surface area contributed by atoms with Crippen molar-refractivity contribution in [3.05, 3.63) is 45.2 Å². The van der Waals surface area contributed by atoms with Crippen LogP contribution in [0.15, 0.2) is 23.0 Å². The zero-order valence-corrected chi connectivity index (χ0v) is 10.7. The molecule has 1 atom stereocenters. The van der Waals surface area contributed by atoms with Crippen molar-refractivity contribution in [3.8, 4) is 0 Å². The van der Waals surface area contributed by atoms with Gasteiger partial charge in [-0.05, 0) is 43.4 Å². The van der Waals surface area contributed by atoms with Gasteiger partial charge in [0.05, 0.1) is 11.1 Å². The number of carboxylic acid groups (broad SMARTS) is 1. The molecular formula is C15H15NO3. The molecule has 1 aromatic carbocycles. The molecule has 0 aliphatic heterocycles. The normalized spacial score (nSPS) is 18.3. The molecule has 2 aromatic rings. The van der Waals surface area contributed by atoms with Gasteiger partial charge in [0.2, 0.25) is 0 Å². The van der Waals surface area contributed by atoms with E-state index in [9.17, 15) is 9.59 Å². The molecule has 4 heteroatoms. The molecule has 1 heterocycles. The molecule has 0 amide bonds. The van der Waals surface area contributed by atoms with Crippen molar-refractivity contribution in [1.82, 2.24) is 4.98 Å². The molecule has 19 heavy (non-hydrogen) atoms. The van der Waals surface area contributed by atoms with Crippen LogP contribution < -0.4 is 5.43 Å². The monoisotopic (exact) mass is 257 g/mol. The van der Waals surface area contributed by atoms with Crippen molar-refractivity contribution in [1.29, 1.82) is 0 Å². The first-order chi connectivity index (χ1) is 9.08. The van der Waals surface area contributed by atoms with Crippen LogP contribution in [-0.2, 0) is 6.42 Å². The van der Waals surface area contributed by atoms with E-state index in [1.54, 1.807) is 12.1 Å². The van der Waals surface area contributed by atoms with Crippen LogP contribution in [0.25, 0.3) is 10.9 Å². The number of benzene rings is 1. The molecule has 1 aromatic heterocycles. The Kier molecular flexibility index (Phi) is 2.66. The highest BCUT2D eigenvalue weighted by Crippen LogP contribution is 2.29. The van der Waals surface area contributed by atoms with Gasteiger partial charge in [0.1, 0.15) is 0 Å². The first-order valence-corrected chi connectivity index (χ1v) is 6.50. The van der Waals surface area contributed by atoms with E-state index in [0.717, 1.165) is 30.5 Å². The lowest BCUT2D eigenvalue weighted by atomic mass is 9.87. The number of aromatic carboxylic acids is 1. The van der Waals surface area contributed by atoms with Gasteiger partial charge in [0.15, 0.2) is 5.43 Å². The molecule has 1 aliphatic rings. The van der Waals surface area contributed by atoms with Gasteiger partial charge in [-0.25, -0.2) is 4.79 Å². The molecule has 0 fully saturated rings. The average Bonchev–Trinajstić information content (AvgIpc) is 2.40. The van der Waals surface area contributed by atoms with Crippen LogP contribution in [0.4, 0.5) is 0 Å². The highest BCUT2D eigenvalue weighted by atomic mass is 16.4. The second kappa shape index (κ2) is 4.23. The van der Waals surface area contributed by atoms with Crippen molar-refractivity contribution >= 4 is 16.9 Å². The van der Waals surface area contributed by atoms with E-state index in [4.69, 9.17) is 5.11 Å². The molecule has 0 spiro atoms. The number of aromatic amines is 1. The Morgan fingerprint density at radius 1 is 1.42 bits per heavy atom. The average molecular weight is 257 g/mol. The second-order valence-corrected chi connectivity index (χ2v) is 5.21. The van der Waals surface area contributed by atoms with Gasteiger partial charge in [-0.2, -0.15) is 0 Å². The Morgan fingerprint density at radius 2 is 2.21 bits per heavy atom. The smallest absolute Gasteiger partial charge is 0.335 e. The summed E-state index contributed by atoms with van der Waals surface area (Å²) in [4.78, 5) is 26.7. The molecule has 2 N–H and O–H groups in total. The maximum Gasteiger partial charge on any atom is 0.335 e. The highest BCUT2D eigenvalue weighted by molar-refractivity contribution is 5.93. The summed E-state index contributed by atoms with van der Waals surface area (Å²) in [6.07, 6.45) is 2.91. The highest BCUT2D eigenvalue weighted by Gasteiger charge is 2.21. The SMILES string of the molecule is CC1CCCc2c1[nH]c1cc(C(=O)O)ccc1c2=O. The molecule has 3 rings (SSSR count). The summed E-state index contributed by atoms with van der Waals surface area (Å²) in [6.45, 7) is 2.10. The van der Waals surface area contributed by atoms with Crippen LogP contribution in [0, 0.1) is 0 Å². The summed E-state index contributed by atoms with van der Waals surface area (Å²) in [5.74, 6) is -0.650. The molecule has 1 unspecified atom stereocenters. The topological polar surface area (TPSA) is 70.2 Å². The predicted octanol–water partition coefficient (Wildman–Crippen LogP) is 2.67. The lowest BCUT2D eigenvalue weighted by Gasteiger charge is -2.22. The van der Waals surface area contributed by atoms with Gasteiger partial charge in [0.25, 0.3) is 0 Å². The van der Waals surface area contributed by atoms with Crippen molar-refractivity contribution < 1.29 is 9.90 Å². The molecule has 98 valence electrons. The van der Waals surface area contributed by atoms with Crippen molar-refractivity contribution in [2.24, 2.45) is 0 Å². The number of nitrogens with one attached hydrogen (secondary N) is 1. The lowest BCUT2D eigenvalue weighted by molar-refractivity contribution is 0.0697. The first-order valence-electron chi connectivity index (χ1n) is 6.50. The van der Waals surface area contributed by atoms with Crippen molar-refractivity contribution in [2.75, 3.05) is 0 Å². The fraction of sp³-hybridized carbons (Fsp3) is 0.333. The third-order valence-corrected chi connectivity index (χ3v) is 3.94. The Balaban J connectivity index is 2.33. The number of aromatic nitrogens is 1. The number of pyridine rings is 1. The van der Waals surface area contributed by atoms with E-state index in [-0.39, 0.29) is 11.0 Å². The van der Waals surface area contributed by atoms with E-state index in [0.29, 0.717) is 16.8 Å². The van der Waals surface area contributed by atoms with E-state index in [2.05, 4.69) is 11.9 Å². The minimum absolute atomic E-state index is 0.0484. The number of rotatable bonds is 1. The minimum atomic E-state index is -0.978. The van der Waals surface area contributed by atoms with Gasteiger partial charge in [0, 0.05) is 16.6 Å². The summed E-state index contributed by atoms with van der Waals surface area (Å²) in [5.41, 5.74) is 2.72. The van der Waals surface area contributed by atoms with Crippen LogP contribution in [0.2, 0.25) is 0 Å². The summed E-state index contributed by atoms with van der Waals surface area (Å²) in [6, 6.07) is 4.64. The Labute approximate surface area is 110 Å². The summed E-state index contributed by atoms with van der Waals surface area (Å²) < 4.78 is 0. The molecule has 4 nitrogen and oxygen atoms in total. The number of carboxylic acids is 1. The molecule has 1 aliphatic carbocycles. The summed E-state index contributed by atoms with van der Waals surface area (Å²) >= 11 is 0. The molecule has 0 bridgehead atoms. The number of hydrogen-bond donors (Lipinski definition) is 2. The Hall–Kier alpha value is -2.10. The van der Waals surface area contributed by atoms with Crippen LogP contribution in [0.1, 0.15) is 47.3 Å². The lowest BCUT2D eigenvalue weighted by Crippen LogP contribution is -2.20. The van der Waals surface area contributed by atoms with Gasteiger partial charge >= 0.3 is 5.97 Å². The van der Waals surface area contributed by atoms with Gasteiger partial charge in [-0.3, -0.25) is 4.79 Å². The standard InChI is InChI=1S/C15H15NO3/c1-8-3-2-4-11-13(8)16-12-7-9(15(18)19)5-6-10(12)14(11)17/h5-8H,2-4H2,1H3,(H,16,17)(H,18,19). The molecule has 0 saturated carbocycles. The Bertz CT molecular complexity index is 730. The van der Waals surface area contributed by atoms with Gasteiger partial charge < -0.3 is 10.1 Å². The van der Waals surface area contributed by atoms with Gasteiger partial charge in [-0.15, -0.1) is 0 Å². The maximum atomic E-state index is 12.4. The van der Waals surface area contributed by atoms with Crippen molar-refractivity contribution in [2.45, 2.75) is 32.1 Å². The van der Waals surface area contributed by atoms with Crippen LogP contribution in [0.5, 0.6) is 0 Å². The number of carbonyl (C=O) groups is 1. The van der Waals surface area contributed by atoms with Crippen LogP contribution in [-0.4, -0.2) is 16.1 Å². The molecule has 0 saturated heterocycles. The number of hydrogen-bond acceptors (Lipinski definition) is 2. The van der Waals surface area contributed by atoms with E-state index < -0.39 is 5.97 Å². The zero-order valence-electron chi connectivity index (χ0n) is 10.7. The van der Waals surface area contributed by atoms with Crippen LogP contribution in [0.3, 0.4) is 0 Å². The van der Waals surface area contributed by atoms with Gasteiger partial charge in [-0.1, -0.05) is 6.92 Å². The second-order valence-electron chi connectivity index (χ2n) is 5.21. The van der Waals surface area contributed by atoms with Crippen LogP contribution >= 0.6 is 0 Å². The molecular weight excluding hydrogens is 242 g/mol. The van der Waals surface area contributed by atoms with E-state index >= 15 is 0 Å². The van der Waals surface area contributed by atoms with E-state index in [1.165, 1.54) is 6.07 Å². The number of H-pyrrole nitrogens is 1. The molecule has 0 radical (unpaired) electrons. The fourth-order valence-electron chi connectivity index (χ4n) is 2.88. The Morgan fingerprint density at radius 3 is 2.95 bits per heavy atom. The maximum absolute atomic E-state index is 12.4. The zero-order chi connectivity index (χ0) is 13.6. The predicted molar refractivity (Wildman–Crippen MR) is 72.9 cm³/mol. The first kappa shape index (κ1) is 12.0. The van der Waals surface area contributed by atoms with Crippen molar-refractivity contribution in [3.63, 3.8) is 0 Å². The third-order valence-electron chi connectivity index (χ3n) is 3.94. The fourth-order valence-corrected chi connectivity index (χ4v) is 2.88.